The SMILES string of the molecule is COc1cccc(C(=O)Cc2cc(C)ccc2C)c1. The molecule has 0 saturated heterocycles. The van der Waals surface area contributed by atoms with Gasteiger partial charge in [0.15, 0.2) is 5.78 Å². The van der Waals surface area contributed by atoms with E-state index in [1.54, 1.807) is 13.2 Å². The van der Waals surface area contributed by atoms with Crippen molar-refractivity contribution in [3.8, 4) is 5.75 Å². The Kier molecular flexibility index (Phi) is 4.00. The Labute approximate surface area is 114 Å². The van der Waals surface area contributed by atoms with Crippen LogP contribution in [0.3, 0.4) is 0 Å². The molecular formula is C17H18O2. The maximum absolute atomic E-state index is 12.3. The Balaban J connectivity index is 2.22. The predicted octanol–water partition coefficient (Wildman–Crippen LogP) is 3.74. The fourth-order valence-electron chi connectivity index (χ4n) is 2.06. The molecule has 0 atom stereocenters. The van der Waals surface area contributed by atoms with Crippen LogP contribution in [0.25, 0.3) is 0 Å². The molecule has 2 nitrogen and oxygen atoms in total. The van der Waals surface area contributed by atoms with Gasteiger partial charge in [0.2, 0.25) is 0 Å². The van der Waals surface area contributed by atoms with Crippen molar-refractivity contribution in [2.75, 3.05) is 7.11 Å². The molecule has 2 aromatic rings. The minimum atomic E-state index is 0.118. The van der Waals surface area contributed by atoms with Crippen molar-refractivity contribution < 1.29 is 9.53 Å². The number of hydrogen-bond acceptors (Lipinski definition) is 2. The normalized spacial score (nSPS) is 10.3. The average molecular weight is 254 g/mol. The molecule has 0 unspecified atom stereocenters. The molecule has 19 heavy (non-hydrogen) atoms. The van der Waals surface area contributed by atoms with Gasteiger partial charge in [0.25, 0.3) is 0 Å². The first-order chi connectivity index (χ1) is 9.10. The van der Waals surface area contributed by atoms with Gasteiger partial charge in [-0.15, -0.1) is 0 Å². The third-order valence-electron chi connectivity index (χ3n) is 3.25. The topological polar surface area (TPSA) is 26.3 Å². The van der Waals surface area contributed by atoms with Crippen molar-refractivity contribution >= 4 is 5.78 Å². The van der Waals surface area contributed by atoms with E-state index in [1.165, 1.54) is 5.56 Å². The number of carbonyl (C=O) groups excluding carboxylic acids is 1. The minimum Gasteiger partial charge on any atom is -0.497 e. The van der Waals surface area contributed by atoms with E-state index in [0.717, 1.165) is 11.1 Å². The summed E-state index contributed by atoms with van der Waals surface area (Å²) in [5.41, 5.74) is 4.12. The molecule has 0 fully saturated rings. The second kappa shape index (κ2) is 5.70. The van der Waals surface area contributed by atoms with Crippen molar-refractivity contribution in [2.45, 2.75) is 20.3 Å². The van der Waals surface area contributed by atoms with Gasteiger partial charge >= 0.3 is 0 Å². The third kappa shape index (κ3) is 3.22. The predicted molar refractivity (Wildman–Crippen MR) is 76.9 cm³/mol. The summed E-state index contributed by atoms with van der Waals surface area (Å²) in [6.45, 7) is 4.08. The van der Waals surface area contributed by atoms with E-state index >= 15 is 0 Å². The molecule has 0 aromatic heterocycles. The number of ketones is 1. The second-order valence-corrected chi connectivity index (χ2v) is 4.76. The van der Waals surface area contributed by atoms with Gasteiger partial charge < -0.3 is 4.74 Å². The summed E-state index contributed by atoms with van der Waals surface area (Å²) in [4.78, 5) is 12.3. The Bertz CT molecular complexity index is 600. The summed E-state index contributed by atoms with van der Waals surface area (Å²) in [7, 11) is 1.61. The number of carbonyl (C=O) groups is 1. The molecule has 0 spiro atoms. The van der Waals surface area contributed by atoms with Crippen LogP contribution in [0.4, 0.5) is 0 Å². The van der Waals surface area contributed by atoms with Gasteiger partial charge in [-0.05, 0) is 37.1 Å². The summed E-state index contributed by atoms with van der Waals surface area (Å²) < 4.78 is 5.15. The molecule has 98 valence electrons. The van der Waals surface area contributed by atoms with Gasteiger partial charge in [0, 0.05) is 12.0 Å². The van der Waals surface area contributed by atoms with Crippen LogP contribution < -0.4 is 4.74 Å². The molecule has 0 N–H and O–H groups in total. The van der Waals surface area contributed by atoms with Gasteiger partial charge in [-0.3, -0.25) is 4.79 Å². The van der Waals surface area contributed by atoms with E-state index in [4.69, 9.17) is 4.74 Å². The molecule has 2 heteroatoms. The lowest BCUT2D eigenvalue weighted by molar-refractivity contribution is 0.0992. The summed E-state index contributed by atoms with van der Waals surface area (Å²) in [5, 5.41) is 0. The fourth-order valence-corrected chi connectivity index (χ4v) is 2.06. The number of methoxy groups -OCH3 is 1. The van der Waals surface area contributed by atoms with Gasteiger partial charge in [-0.1, -0.05) is 35.9 Å². The van der Waals surface area contributed by atoms with E-state index in [1.807, 2.05) is 32.0 Å². The number of aryl methyl sites for hydroxylation is 2. The maximum atomic E-state index is 12.3. The van der Waals surface area contributed by atoms with E-state index in [0.29, 0.717) is 17.7 Å². The Hall–Kier alpha value is -2.09. The van der Waals surface area contributed by atoms with Crippen LogP contribution in [0.2, 0.25) is 0 Å². The Morgan fingerprint density at radius 2 is 1.89 bits per heavy atom. The molecule has 0 saturated carbocycles. The molecule has 2 rings (SSSR count). The maximum Gasteiger partial charge on any atom is 0.167 e. The number of Topliss-reactive ketones (excluding diaryl/α,β-unsaturated/α-hetero) is 1. The summed E-state index contributed by atoms with van der Waals surface area (Å²) in [6, 6.07) is 13.5. The standard InChI is InChI=1S/C17H18O2/c1-12-7-8-13(2)15(9-12)11-17(18)14-5-4-6-16(10-14)19-3/h4-10H,11H2,1-3H3. The lowest BCUT2D eigenvalue weighted by Crippen LogP contribution is -2.05. The quantitative estimate of drug-likeness (QED) is 0.777. The first-order valence-corrected chi connectivity index (χ1v) is 6.33. The van der Waals surface area contributed by atoms with Crippen LogP contribution in [0.5, 0.6) is 5.75 Å². The molecular weight excluding hydrogens is 236 g/mol. The van der Waals surface area contributed by atoms with Crippen molar-refractivity contribution in [1.29, 1.82) is 0 Å². The summed E-state index contributed by atoms with van der Waals surface area (Å²) in [6.07, 6.45) is 0.431. The highest BCUT2D eigenvalue weighted by Crippen LogP contribution is 2.17. The van der Waals surface area contributed by atoms with Crippen LogP contribution in [-0.2, 0) is 6.42 Å². The molecule has 0 amide bonds. The first-order valence-electron chi connectivity index (χ1n) is 6.33. The molecule has 2 aromatic carbocycles. The number of rotatable bonds is 4. The number of ether oxygens (including phenoxy) is 1. The molecule has 0 aliphatic heterocycles. The highest BCUT2D eigenvalue weighted by Gasteiger charge is 2.09. The third-order valence-corrected chi connectivity index (χ3v) is 3.25. The molecule has 0 heterocycles. The zero-order valence-electron chi connectivity index (χ0n) is 11.6. The Morgan fingerprint density at radius 3 is 2.63 bits per heavy atom. The Morgan fingerprint density at radius 1 is 1.11 bits per heavy atom. The monoisotopic (exact) mass is 254 g/mol. The van der Waals surface area contributed by atoms with Crippen molar-refractivity contribution in [3.05, 3.63) is 64.7 Å². The lowest BCUT2D eigenvalue weighted by atomic mass is 9.98. The molecule has 0 aliphatic rings. The van der Waals surface area contributed by atoms with Crippen molar-refractivity contribution in [1.82, 2.24) is 0 Å². The van der Waals surface area contributed by atoms with E-state index < -0.39 is 0 Å². The van der Waals surface area contributed by atoms with Crippen LogP contribution in [0.15, 0.2) is 42.5 Å². The second-order valence-electron chi connectivity index (χ2n) is 4.76. The highest BCUT2D eigenvalue weighted by molar-refractivity contribution is 5.98. The van der Waals surface area contributed by atoms with Crippen LogP contribution >= 0.6 is 0 Å². The lowest BCUT2D eigenvalue weighted by Gasteiger charge is -2.07. The smallest absolute Gasteiger partial charge is 0.167 e. The zero-order chi connectivity index (χ0) is 13.8. The van der Waals surface area contributed by atoms with E-state index in [-0.39, 0.29) is 5.78 Å². The average Bonchev–Trinajstić information content (AvgIpc) is 2.43. The molecule has 0 bridgehead atoms. The van der Waals surface area contributed by atoms with Crippen LogP contribution in [0, 0.1) is 13.8 Å². The largest absolute Gasteiger partial charge is 0.497 e. The number of hydrogen-bond donors (Lipinski definition) is 0. The van der Waals surface area contributed by atoms with E-state index in [9.17, 15) is 4.79 Å². The minimum absolute atomic E-state index is 0.118. The molecule has 0 aliphatic carbocycles. The van der Waals surface area contributed by atoms with E-state index in [2.05, 4.69) is 18.2 Å². The zero-order valence-corrected chi connectivity index (χ0v) is 11.6. The van der Waals surface area contributed by atoms with Crippen LogP contribution in [-0.4, -0.2) is 12.9 Å². The van der Waals surface area contributed by atoms with Crippen molar-refractivity contribution in [3.63, 3.8) is 0 Å². The van der Waals surface area contributed by atoms with Gasteiger partial charge in [0.1, 0.15) is 5.75 Å². The van der Waals surface area contributed by atoms with Gasteiger partial charge in [-0.2, -0.15) is 0 Å². The van der Waals surface area contributed by atoms with Gasteiger partial charge in [0.05, 0.1) is 7.11 Å². The summed E-state index contributed by atoms with van der Waals surface area (Å²) in [5.74, 6) is 0.833. The number of benzene rings is 2. The van der Waals surface area contributed by atoms with Crippen LogP contribution in [0.1, 0.15) is 27.0 Å². The molecule has 0 radical (unpaired) electrons. The highest BCUT2D eigenvalue weighted by atomic mass is 16.5. The first kappa shape index (κ1) is 13.3. The van der Waals surface area contributed by atoms with Crippen molar-refractivity contribution in [2.24, 2.45) is 0 Å². The van der Waals surface area contributed by atoms with Gasteiger partial charge in [-0.25, -0.2) is 0 Å². The summed E-state index contributed by atoms with van der Waals surface area (Å²) >= 11 is 0. The fraction of sp³-hybridized carbons (Fsp3) is 0.235.